The van der Waals surface area contributed by atoms with Gasteiger partial charge in [-0.1, -0.05) is 20.3 Å². The topological polar surface area (TPSA) is 227 Å². The number of carbonyl (C=O) groups is 1. The third-order valence-corrected chi connectivity index (χ3v) is 8.95. The van der Waals surface area contributed by atoms with Crippen molar-refractivity contribution in [2.45, 2.75) is 58.8 Å². The Kier molecular flexibility index (Phi) is 32.1. The van der Waals surface area contributed by atoms with E-state index in [2.05, 4.69) is 6.92 Å². The molecule has 0 aromatic heterocycles. The van der Waals surface area contributed by atoms with Crippen LogP contribution in [0.4, 0.5) is 0 Å². The Bertz CT molecular complexity index is 1360. The Morgan fingerprint density at radius 3 is 1.18 bits per heavy atom. The van der Waals surface area contributed by atoms with Crippen molar-refractivity contribution in [1.29, 1.82) is 0 Å². The third kappa shape index (κ3) is 32.3. The van der Waals surface area contributed by atoms with Gasteiger partial charge in [-0.15, -0.1) is 0 Å². The monoisotopic (exact) mass is 862 g/mol. The van der Waals surface area contributed by atoms with E-state index in [0.717, 1.165) is 19.4 Å². The van der Waals surface area contributed by atoms with Gasteiger partial charge in [0.05, 0.1) is 124 Å². The summed E-state index contributed by atoms with van der Waals surface area (Å²) in [4.78, 5) is 13.2. The van der Waals surface area contributed by atoms with E-state index in [4.69, 9.17) is 61.2 Å². The van der Waals surface area contributed by atoms with Crippen LogP contribution in [-0.4, -0.2) is 169 Å². The van der Waals surface area contributed by atoms with Crippen LogP contribution in [-0.2, 0) is 58.1 Å². The number of benzene rings is 1. The van der Waals surface area contributed by atoms with Gasteiger partial charge in [-0.05, 0) is 44.2 Å². The first kappa shape index (κ1) is 52.8. The second-order valence-electron chi connectivity index (χ2n) is 12.4. The average Bonchev–Trinajstić information content (AvgIpc) is 3.16. The van der Waals surface area contributed by atoms with Crippen molar-refractivity contribution in [3.63, 3.8) is 0 Å². The van der Waals surface area contributed by atoms with Crippen LogP contribution in [0, 0.1) is 0 Å². The van der Waals surface area contributed by atoms with Gasteiger partial charge >= 0.3 is 0 Å². The molecule has 0 amide bonds. The van der Waals surface area contributed by atoms with E-state index < -0.39 is 31.7 Å². The molecule has 0 aliphatic carbocycles. The van der Waals surface area contributed by atoms with Crippen molar-refractivity contribution < 1.29 is 82.8 Å². The Labute approximate surface area is 338 Å². The van der Waals surface area contributed by atoms with Gasteiger partial charge in [-0.3, -0.25) is 13.9 Å². The Hall–Kier alpha value is -2.21. The van der Waals surface area contributed by atoms with Crippen LogP contribution < -0.4 is 14.2 Å². The lowest BCUT2D eigenvalue weighted by molar-refractivity contribution is -0.0231. The number of unbranched alkanes of at least 4 members (excludes halogenated alkanes) is 1. The van der Waals surface area contributed by atoms with Gasteiger partial charge < -0.3 is 52.1 Å². The first-order chi connectivity index (χ1) is 27.5. The lowest BCUT2D eigenvalue weighted by Crippen LogP contribution is -2.15. The first-order valence-electron chi connectivity index (χ1n) is 19.6. The van der Waals surface area contributed by atoms with E-state index in [1.807, 2.05) is 6.92 Å². The van der Waals surface area contributed by atoms with Crippen LogP contribution in [0.2, 0.25) is 0 Å². The van der Waals surface area contributed by atoms with E-state index in [0.29, 0.717) is 119 Å². The Morgan fingerprint density at radius 2 is 0.807 bits per heavy atom. The number of rotatable bonds is 42. The maximum absolute atomic E-state index is 13.2. The molecule has 1 rings (SSSR count). The van der Waals surface area contributed by atoms with Crippen molar-refractivity contribution in [2.24, 2.45) is 0 Å². The molecular formula is C37H66O18S2. The van der Waals surface area contributed by atoms with E-state index in [-0.39, 0.29) is 61.1 Å². The van der Waals surface area contributed by atoms with Crippen molar-refractivity contribution in [3.8, 4) is 17.2 Å². The first-order valence-corrected chi connectivity index (χ1v) is 22.8. The minimum atomic E-state index is -4.21. The molecule has 0 heterocycles. The zero-order valence-corrected chi connectivity index (χ0v) is 35.3. The predicted molar refractivity (Wildman–Crippen MR) is 210 cm³/mol. The molecule has 0 unspecified atom stereocenters. The summed E-state index contributed by atoms with van der Waals surface area (Å²) in [6.07, 6.45) is 3.03. The molecule has 1 aromatic carbocycles. The highest BCUT2D eigenvalue weighted by molar-refractivity contribution is 7.86. The SMILES string of the molecule is CCCCOc1cc(C(=O)CCCOCCOCCOCCOCCOCCOCCOCCOCCC)cc(OCCCS(=O)(=O)O)c1OCCCS(=O)(=O)O. The normalized spacial score (nSPS) is 11.9. The summed E-state index contributed by atoms with van der Waals surface area (Å²) in [6, 6.07) is 2.96. The van der Waals surface area contributed by atoms with Crippen LogP contribution >= 0.6 is 0 Å². The summed E-state index contributed by atoms with van der Waals surface area (Å²) in [6.45, 7) is 11.6. The minimum absolute atomic E-state index is 0.0341. The molecule has 57 heavy (non-hydrogen) atoms. The van der Waals surface area contributed by atoms with Gasteiger partial charge in [0, 0.05) is 25.2 Å². The molecule has 0 aliphatic heterocycles. The molecule has 0 atom stereocenters. The molecule has 0 aliphatic rings. The number of carbonyl (C=O) groups excluding carboxylic acids is 1. The van der Waals surface area contributed by atoms with Crippen LogP contribution in [0.25, 0.3) is 0 Å². The largest absolute Gasteiger partial charge is 0.490 e. The van der Waals surface area contributed by atoms with Gasteiger partial charge in [0.2, 0.25) is 5.75 Å². The predicted octanol–water partition coefficient (Wildman–Crippen LogP) is 3.68. The molecule has 0 fully saturated rings. The average molecular weight is 863 g/mol. The van der Waals surface area contributed by atoms with E-state index in [9.17, 15) is 21.6 Å². The molecule has 1 aromatic rings. The summed E-state index contributed by atoms with van der Waals surface area (Å²) in [5.74, 6) is -0.898. The zero-order chi connectivity index (χ0) is 41.9. The Morgan fingerprint density at radius 1 is 0.456 bits per heavy atom. The van der Waals surface area contributed by atoms with E-state index in [1.54, 1.807) is 0 Å². The molecule has 0 radical (unpaired) electrons. The van der Waals surface area contributed by atoms with Crippen LogP contribution in [0.5, 0.6) is 17.2 Å². The highest BCUT2D eigenvalue weighted by atomic mass is 32.2. The summed E-state index contributed by atoms with van der Waals surface area (Å²) in [5.41, 5.74) is 0.265. The fraction of sp³-hybridized carbons (Fsp3) is 0.811. The highest BCUT2D eigenvalue weighted by Crippen LogP contribution is 2.40. The maximum atomic E-state index is 13.2. The number of Topliss-reactive ketones (excluding diaryl/α,β-unsaturated/α-hetero) is 1. The van der Waals surface area contributed by atoms with Gasteiger partial charge in [0.25, 0.3) is 20.2 Å². The highest BCUT2D eigenvalue weighted by Gasteiger charge is 2.20. The molecule has 2 N–H and O–H groups in total. The number of hydrogen-bond donors (Lipinski definition) is 2. The number of ether oxygens (including phenoxy) is 11. The fourth-order valence-electron chi connectivity index (χ4n) is 4.52. The van der Waals surface area contributed by atoms with Crippen LogP contribution in [0.3, 0.4) is 0 Å². The fourth-order valence-corrected chi connectivity index (χ4v) is 5.49. The maximum Gasteiger partial charge on any atom is 0.264 e. The van der Waals surface area contributed by atoms with Crippen molar-refractivity contribution in [3.05, 3.63) is 17.7 Å². The minimum Gasteiger partial charge on any atom is -0.490 e. The zero-order valence-electron chi connectivity index (χ0n) is 33.7. The third-order valence-electron chi connectivity index (χ3n) is 7.34. The molecule has 0 saturated heterocycles. The summed E-state index contributed by atoms with van der Waals surface area (Å²) >= 11 is 0. The number of hydrogen-bond acceptors (Lipinski definition) is 16. The molecule has 0 bridgehead atoms. The smallest absolute Gasteiger partial charge is 0.264 e. The van der Waals surface area contributed by atoms with Gasteiger partial charge in [-0.2, -0.15) is 16.8 Å². The summed E-state index contributed by atoms with van der Waals surface area (Å²) in [5, 5.41) is 0. The molecular weight excluding hydrogens is 797 g/mol. The molecule has 334 valence electrons. The van der Waals surface area contributed by atoms with Gasteiger partial charge in [0.1, 0.15) is 0 Å². The quantitative estimate of drug-likeness (QED) is 0.0543. The molecule has 0 spiro atoms. The second-order valence-corrected chi connectivity index (χ2v) is 15.5. The standard InChI is InChI=1S/C37H66O18S2/c1-3-5-12-53-35-31-33(32-36(54-13-7-29-56(39,40)41)37(35)55-14-8-30-57(42,43)44)34(38)9-6-11-46-16-18-48-20-22-50-24-26-52-28-27-51-25-23-49-21-19-47-17-15-45-10-4-2/h31-32H,3-30H2,1-2H3,(H,39,40,41)(H,42,43,44). The summed E-state index contributed by atoms with van der Waals surface area (Å²) < 4.78 is 124. The lowest BCUT2D eigenvalue weighted by Gasteiger charge is -2.18. The van der Waals surface area contributed by atoms with Crippen molar-refractivity contribution in [1.82, 2.24) is 0 Å². The molecule has 20 heteroatoms. The van der Waals surface area contributed by atoms with Gasteiger partial charge in [-0.25, -0.2) is 0 Å². The van der Waals surface area contributed by atoms with Crippen molar-refractivity contribution >= 4 is 26.0 Å². The van der Waals surface area contributed by atoms with Crippen molar-refractivity contribution in [2.75, 3.05) is 137 Å². The van der Waals surface area contributed by atoms with Crippen LogP contribution in [0.15, 0.2) is 12.1 Å². The van der Waals surface area contributed by atoms with Gasteiger partial charge in [0.15, 0.2) is 17.3 Å². The number of ketones is 1. The Balaban J connectivity index is 2.29. The van der Waals surface area contributed by atoms with E-state index >= 15 is 0 Å². The van der Waals surface area contributed by atoms with E-state index in [1.165, 1.54) is 12.1 Å². The molecule has 0 saturated carbocycles. The summed E-state index contributed by atoms with van der Waals surface area (Å²) in [7, 11) is -8.41. The molecule has 18 nitrogen and oxygen atoms in total. The second kappa shape index (κ2) is 34.6. The van der Waals surface area contributed by atoms with Crippen LogP contribution in [0.1, 0.15) is 69.2 Å². The lowest BCUT2D eigenvalue weighted by atomic mass is 10.1.